The number of carbonyl (C=O) groups is 1. The predicted octanol–water partition coefficient (Wildman–Crippen LogP) is 4.60. The number of ether oxygens (including phenoxy) is 2. The predicted molar refractivity (Wildman–Crippen MR) is 78.1 cm³/mol. The lowest BCUT2D eigenvalue weighted by Gasteiger charge is -2.09. The summed E-state index contributed by atoms with van der Waals surface area (Å²) in [7, 11) is 0. The molecule has 0 heterocycles. The van der Waals surface area contributed by atoms with Gasteiger partial charge in [-0.25, -0.2) is 0 Å². The molecule has 2 aromatic carbocycles. The van der Waals surface area contributed by atoms with E-state index in [-0.39, 0.29) is 19.0 Å². The van der Waals surface area contributed by atoms with E-state index in [1.165, 1.54) is 12.1 Å². The maximum absolute atomic E-state index is 12.5. The number of halogens is 3. The van der Waals surface area contributed by atoms with Crippen LogP contribution < -0.4 is 9.47 Å². The lowest BCUT2D eigenvalue weighted by molar-refractivity contribution is -0.137. The van der Waals surface area contributed by atoms with Crippen molar-refractivity contribution >= 4 is 5.97 Å². The molecule has 2 rings (SSSR count). The molecule has 0 spiro atoms. The summed E-state index contributed by atoms with van der Waals surface area (Å²) in [5, 5.41) is 0. The van der Waals surface area contributed by atoms with E-state index in [4.69, 9.17) is 9.47 Å². The molecule has 0 unspecified atom stereocenters. The molecule has 23 heavy (non-hydrogen) atoms. The summed E-state index contributed by atoms with van der Waals surface area (Å²) in [6.07, 6.45) is -4.06. The Hall–Kier alpha value is -2.50. The second-order valence-electron chi connectivity index (χ2n) is 4.78. The van der Waals surface area contributed by atoms with Crippen molar-refractivity contribution in [3.8, 4) is 11.5 Å². The van der Waals surface area contributed by atoms with Crippen molar-refractivity contribution in [3.05, 3.63) is 59.7 Å². The van der Waals surface area contributed by atoms with E-state index >= 15 is 0 Å². The van der Waals surface area contributed by atoms with E-state index in [1.807, 2.05) is 0 Å². The molecule has 3 nitrogen and oxygen atoms in total. The van der Waals surface area contributed by atoms with Gasteiger partial charge in [0.2, 0.25) is 0 Å². The minimum absolute atomic E-state index is 0.145. The van der Waals surface area contributed by atoms with Gasteiger partial charge in [0.05, 0.1) is 5.56 Å². The molecule has 0 N–H and O–H groups in total. The fourth-order valence-corrected chi connectivity index (χ4v) is 1.76. The van der Waals surface area contributed by atoms with Crippen LogP contribution in [0.5, 0.6) is 11.5 Å². The number of esters is 1. The molecule has 122 valence electrons. The van der Waals surface area contributed by atoms with Gasteiger partial charge in [-0.05, 0) is 42.0 Å². The molecule has 2 aromatic rings. The number of benzene rings is 2. The Kier molecular flexibility index (Phi) is 5.26. The van der Waals surface area contributed by atoms with E-state index in [1.54, 1.807) is 31.2 Å². The highest BCUT2D eigenvalue weighted by Crippen LogP contribution is 2.29. The summed E-state index contributed by atoms with van der Waals surface area (Å²) in [6.45, 7) is 1.84. The van der Waals surface area contributed by atoms with E-state index in [0.29, 0.717) is 17.1 Å². The summed E-state index contributed by atoms with van der Waals surface area (Å²) in [5.74, 6) is 0.614. The van der Waals surface area contributed by atoms with Crippen molar-refractivity contribution in [3.63, 3.8) is 0 Å². The lowest BCUT2D eigenvalue weighted by Crippen LogP contribution is -2.05. The Morgan fingerprint density at radius 1 is 0.957 bits per heavy atom. The topological polar surface area (TPSA) is 35.5 Å². The summed E-state index contributed by atoms with van der Waals surface area (Å²) in [4.78, 5) is 11.1. The molecule has 0 atom stereocenters. The molecular formula is C17H15F3O3. The smallest absolute Gasteiger partial charge is 0.416 e. The molecule has 0 aromatic heterocycles. The van der Waals surface area contributed by atoms with Crippen LogP contribution >= 0.6 is 0 Å². The molecule has 0 bridgehead atoms. The number of carbonyl (C=O) groups excluding carboxylic acids is 1. The highest BCUT2D eigenvalue weighted by molar-refractivity contribution is 5.71. The van der Waals surface area contributed by atoms with Crippen LogP contribution in [-0.2, 0) is 17.6 Å². The van der Waals surface area contributed by atoms with Crippen LogP contribution in [0.25, 0.3) is 0 Å². The molecule has 0 amide bonds. The molecule has 0 aliphatic heterocycles. The van der Waals surface area contributed by atoms with Crippen LogP contribution in [0.1, 0.15) is 24.5 Å². The van der Waals surface area contributed by atoms with Crippen LogP contribution in [0.4, 0.5) is 13.2 Å². The van der Waals surface area contributed by atoms with Gasteiger partial charge in [-0.3, -0.25) is 4.79 Å². The summed E-state index contributed by atoms with van der Waals surface area (Å²) >= 11 is 0. The normalized spacial score (nSPS) is 11.1. The fraction of sp³-hybridized carbons (Fsp3) is 0.235. The van der Waals surface area contributed by atoms with Gasteiger partial charge in [0, 0.05) is 6.42 Å². The Balaban J connectivity index is 1.92. The standard InChI is InChI=1S/C17H15F3O3/c1-2-16(21)23-15-9-7-14(8-10-15)22-11-12-3-5-13(6-4-12)17(18,19)20/h3-10H,2,11H2,1H3. The molecule has 0 fully saturated rings. The van der Waals surface area contributed by atoms with E-state index in [0.717, 1.165) is 12.1 Å². The zero-order chi connectivity index (χ0) is 16.9. The number of rotatable bonds is 5. The largest absolute Gasteiger partial charge is 0.489 e. The van der Waals surface area contributed by atoms with Crippen molar-refractivity contribution in [1.82, 2.24) is 0 Å². The highest BCUT2D eigenvalue weighted by Gasteiger charge is 2.29. The monoisotopic (exact) mass is 324 g/mol. The first-order valence-electron chi connectivity index (χ1n) is 6.98. The Labute approximate surface area is 131 Å². The zero-order valence-corrected chi connectivity index (χ0v) is 12.4. The van der Waals surface area contributed by atoms with Gasteiger partial charge in [-0.1, -0.05) is 19.1 Å². The quantitative estimate of drug-likeness (QED) is 0.595. The van der Waals surface area contributed by atoms with E-state index in [2.05, 4.69) is 0 Å². The van der Waals surface area contributed by atoms with Gasteiger partial charge in [-0.15, -0.1) is 0 Å². The number of hydrogen-bond donors (Lipinski definition) is 0. The molecular weight excluding hydrogens is 309 g/mol. The minimum Gasteiger partial charge on any atom is -0.489 e. The summed E-state index contributed by atoms with van der Waals surface area (Å²) in [6, 6.07) is 11.2. The number of alkyl halides is 3. The maximum Gasteiger partial charge on any atom is 0.416 e. The molecule has 0 saturated heterocycles. The first kappa shape index (κ1) is 16.9. The minimum atomic E-state index is -4.34. The van der Waals surface area contributed by atoms with Crippen LogP contribution in [0.2, 0.25) is 0 Å². The molecule has 6 heteroatoms. The first-order chi connectivity index (χ1) is 10.9. The van der Waals surface area contributed by atoms with Crippen molar-refractivity contribution in [1.29, 1.82) is 0 Å². The van der Waals surface area contributed by atoms with Gasteiger partial charge in [0.1, 0.15) is 18.1 Å². The van der Waals surface area contributed by atoms with Gasteiger partial charge >= 0.3 is 12.1 Å². The second-order valence-corrected chi connectivity index (χ2v) is 4.78. The first-order valence-corrected chi connectivity index (χ1v) is 6.98. The van der Waals surface area contributed by atoms with Crippen LogP contribution in [0.3, 0.4) is 0 Å². The fourth-order valence-electron chi connectivity index (χ4n) is 1.76. The third-order valence-corrected chi connectivity index (χ3v) is 3.03. The van der Waals surface area contributed by atoms with Crippen molar-refractivity contribution in [2.75, 3.05) is 0 Å². The Morgan fingerprint density at radius 3 is 2.04 bits per heavy atom. The third-order valence-electron chi connectivity index (χ3n) is 3.03. The maximum atomic E-state index is 12.5. The SMILES string of the molecule is CCC(=O)Oc1ccc(OCc2ccc(C(F)(F)F)cc2)cc1. The second kappa shape index (κ2) is 7.17. The number of hydrogen-bond acceptors (Lipinski definition) is 3. The Morgan fingerprint density at radius 2 is 1.52 bits per heavy atom. The van der Waals surface area contributed by atoms with Crippen LogP contribution in [-0.4, -0.2) is 5.97 Å². The average Bonchev–Trinajstić information content (AvgIpc) is 2.53. The van der Waals surface area contributed by atoms with Crippen molar-refractivity contribution < 1.29 is 27.4 Å². The van der Waals surface area contributed by atoms with Gasteiger partial charge in [0.25, 0.3) is 0 Å². The van der Waals surface area contributed by atoms with Crippen molar-refractivity contribution in [2.24, 2.45) is 0 Å². The Bertz CT molecular complexity index is 646. The average molecular weight is 324 g/mol. The lowest BCUT2D eigenvalue weighted by atomic mass is 10.1. The molecule has 0 aliphatic carbocycles. The zero-order valence-electron chi connectivity index (χ0n) is 12.4. The third kappa shape index (κ3) is 5.02. The summed E-state index contributed by atoms with van der Waals surface area (Å²) < 4.78 is 47.9. The van der Waals surface area contributed by atoms with Gasteiger partial charge in [0.15, 0.2) is 0 Å². The van der Waals surface area contributed by atoms with Gasteiger partial charge in [-0.2, -0.15) is 13.2 Å². The highest BCUT2D eigenvalue weighted by atomic mass is 19.4. The summed E-state index contributed by atoms with van der Waals surface area (Å²) in [5.41, 5.74) is -0.0668. The molecule has 0 aliphatic rings. The van der Waals surface area contributed by atoms with Crippen LogP contribution in [0, 0.1) is 0 Å². The van der Waals surface area contributed by atoms with Crippen molar-refractivity contribution in [2.45, 2.75) is 26.1 Å². The van der Waals surface area contributed by atoms with E-state index < -0.39 is 11.7 Å². The van der Waals surface area contributed by atoms with Gasteiger partial charge < -0.3 is 9.47 Å². The molecule has 0 radical (unpaired) electrons. The molecule has 0 saturated carbocycles. The van der Waals surface area contributed by atoms with E-state index in [9.17, 15) is 18.0 Å². The van der Waals surface area contributed by atoms with Crippen LogP contribution in [0.15, 0.2) is 48.5 Å².